The number of benzene rings is 1. The van der Waals surface area contributed by atoms with Gasteiger partial charge < -0.3 is 4.74 Å². The number of H-pyrrole nitrogens is 1. The van der Waals surface area contributed by atoms with E-state index in [2.05, 4.69) is 25.1 Å². The molecule has 96 valence electrons. The van der Waals surface area contributed by atoms with E-state index in [0.29, 0.717) is 17.3 Å². The smallest absolute Gasteiger partial charge is 0.221 e. The second-order valence-corrected chi connectivity index (χ2v) is 4.27. The summed E-state index contributed by atoms with van der Waals surface area (Å²) < 4.78 is 5.74. The van der Waals surface area contributed by atoms with Gasteiger partial charge in [-0.1, -0.05) is 0 Å². The molecular formula is C14H9N5O. The van der Waals surface area contributed by atoms with Crippen molar-refractivity contribution < 1.29 is 4.74 Å². The van der Waals surface area contributed by atoms with Crippen LogP contribution in [-0.2, 0) is 0 Å². The van der Waals surface area contributed by atoms with E-state index >= 15 is 0 Å². The molecular weight excluding hydrogens is 254 g/mol. The first-order valence-corrected chi connectivity index (χ1v) is 6.07. The van der Waals surface area contributed by atoms with Crippen LogP contribution in [0.4, 0.5) is 0 Å². The lowest BCUT2D eigenvalue weighted by Crippen LogP contribution is -1.91. The largest absolute Gasteiger partial charge is 0.439 e. The summed E-state index contributed by atoms with van der Waals surface area (Å²) in [5.74, 6) is 1.18. The Bertz CT molecular complexity index is 902. The first-order chi connectivity index (χ1) is 9.88. The number of aromatic amines is 1. The van der Waals surface area contributed by atoms with Gasteiger partial charge in [-0.2, -0.15) is 10.1 Å². The van der Waals surface area contributed by atoms with Crippen LogP contribution in [0.5, 0.6) is 11.6 Å². The summed E-state index contributed by atoms with van der Waals surface area (Å²) in [5.41, 5.74) is 2.22. The number of hydrogen-bond acceptors (Lipinski definition) is 5. The highest BCUT2D eigenvalue weighted by Crippen LogP contribution is 2.24. The number of pyridine rings is 1. The van der Waals surface area contributed by atoms with Crippen LogP contribution in [0.2, 0.25) is 0 Å². The lowest BCUT2D eigenvalue weighted by atomic mass is 10.2. The van der Waals surface area contributed by atoms with Gasteiger partial charge in [-0.15, -0.1) is 0 Å². The van der Waals surface area contributed by atoms with Crippen molar-refractivity contribution in [1.29, 1.82) is 0 Å². The molecule has 0 bridgehead atoms. The molecule has 1 aromatic carbocycles. The van der Waals surface area contributed by atoms with E-state index in [4.69, 9.17) is 4.74 Å². The van der Waals surface area contributed by atoms with Crippen molar-refractivity contribution in [2.24, 2.45) is 0 Å². The molecule has 0 aliphatic carbocycles. The van der Waals surface area contributed by atoms with Gasteiger partial charge in [0.25, 0.3) is 0 Å². The summed E-state index contributed by atoms with van der Waals surface area (Å²) in [5, 5.41) is 7.92. The highest BCUT2D eigenvalue weighted by Gasteiger charge is 2.04. The summed E-state index contributed by atoms with van der Waals surface area (Å²) in [6.45, 7) is 0. The van der Waals surface area contributed by atoms with Crippen LogP contribution in [0.1, 0.15) is 0 Å². The number of nitrogens with zero attached hydrogens (tertiary/aromatic N) is 4. The normalized spacial score (nSPS) is 11.0. The summed E-state index contributed by atoms with van der Waals surface area (Å²) in [4.78, 5) is 12.6. The maximum atomic E-state index is 5.74. The minimum atomic E-state index is 0.483. The topological polar surface area (TPSA) is 76.6 Å². The highest BCUT2D eigenvalue weighted by molar-refractivity contribution is 5.79. The second kappa shape index (κ2) is 4.27. The van der Waals surface area contributed by atoms with Gasteiger partial charge in [-0.25, -0.2) is 4.98 Å². The molecule has 4 rings (SSSR count). The molecule has 0 aliphatic heterocycles. The molecule has 6 heteroatoms. The molecule has 3 aromatic heterocycles. The molecule has 0 spiro atoms. The van der Waals surface area contributed by atoms with Crippen molar-refractivity contribution in [2.45, 2.75) is 0 Å². The minimum absolute atomic E-state index is 0.483. The number of ether oxygens (including phenoxy) is 1. The maximum absolute atomic E-state index is 5.74. The molecule has 0 atom stereocenters. The SMILES string of the molecule is c1cnc2nc(Oc3ccc4cn[nH]c4c3)ccc2n1. The lowest BCUT2D eigenvalue weighted by molar-refractivity contribution is 0.465. The van der Waals surface area contributed by atoms with Crippen molar-refractivity contribution in [3.05, 3.63) is 48.9 Å². The van der Waals surface area contributed by atoms with Gasteiger partial charge in [0.2, 0.25) is 5.88 Å². The molecule has 0 saturated carbocycles. The van der Waals surface area contributed by atoms with Crippen molar-refractivity contribution in [3.63, 3.8) is 0 Å². The quantitative estimate of drug-likeness (QED) is 0.601. The van der Waals surface area contributed by atoms with E-state index in [-0.39, 0.29) is 0 Å². The van der Waals surface area contributed by atoms with Crippen molar-refractivity contribution in [1.82, 2.24) is 25.1 Å². The van der Waals surface area contributed by atoms with Crippen LogP contribution < -0.4 is 4.74 Å². The highest BCUT2D eigenvalue weighted by atomic mass is 16.5. The fraction of sp³-hybridized carbons (Fsp3) is 0. The van der Waals surface area contributed by atoms with E-state index < -0.39 is 0 Å². The molecule has 6 nitrogen and oxygen atoms in total. The first-order valence-electron chi connectivity index (χ1n) is 6.07. The molecule has 1 N–H and O–H groups in total. The fourth-order valence-electron chi connectivity index (χ4n) is 1.99. The summed E-state index contributed by atoms with van der Waals surface area (Å²) >= 11 is 0. The predicted molar refractivity (Wildman–Crippen MR) is 73.5 cm³/mol. The van der Waals surface area contributed by atoms with Crippen LogP contribution in [0, 0.1) is 0 Å². The van der Waals surface area contributed by atoms with Crippen LogP contribution >= 0.6 is 0 Å². The molecule has 0 aliphatic rings. The number of nitrogens with one attached hydrogen (secondary N) is 1. The Balaban J connectivity index is 1.72. The Morgan fingerprint density at radius 3 is 2.95 bits per heavy atom. The molecule has 0 radical (unpaired) electrons. The zero-order valence-corrected chi connectivity index (χ0v) is 10.3. The van der Waals surface area contributed by atoms with Gasteiger partial charge in [0.15, 0.2) is 5.65 Å². The van der Waals surface area contributed by atoms with Crippen LogP contribution in [0.25, 0.3) is 22.1 Å². The van der Waals surface area contributed by atoms with Crippen molar-refractivity contribution in [3.8, 4) is 11.6 Å². The Morgan fingerprint density at radius 1 is 1.00 bits per heavy atom. The summed E-state index contributed by atoms with van der Waals surface area (Å²) in [6, 6.07) is 9.30. The standard InChI is InChI=1S/C14H9N5O/c1-2-10(7-12-9(1)8-17-19-12)20-13-4-3-11-14(18-13)16-6-5-15-11/h1-8H,(H,17,19). The van der Waals surface area contributed by atoms with Gasteiger partial charge >= 0.3 is 0 Å². The van der Waals surface area contributed by atoms with E-state index in [9.17, 15) is 0 Å². The Hall–Kier alpha value is -3.02. The molecule has 0 saturated heterocycles. The Kier molecular flexibility index (Phi) is 2.32. The molecule has 3 heterocycles. The number of rotatable bonds is 2. The van der Waals surface area contributed by atoms with E-state index in [1.54, 1.807) is 24.7 Å². The third kappa shape index (κ3) is 1.83. The predicted octanol–water partition coefficient (Wildman–Crippen LogP) is 2.69. The first kappa shape index (κ1) is 10.9. The Labute approximate surface area is 113 Å². The fourth-order valence-corrected chi connectivity index (χ4v) is 1.99. The van der Waals surface area contributed by atoms with E-state index in [1.165, 1.54) is 0 Å². The average Bonchev–Trinajstić information content (AvgIpc) is 2.95. The maximum Gasteiger partial charge on any atom is 0.221 e. The molecule has 0 fully saturated rings. The zero-order chi connectivity index (χ0) is 13.4. The van der Waals surface area contributed by atoms with Crippen LogP contribution in [0.15, 0.2) is 48.9 Å². The van der Waals surface area contributed by atoms with Crippen molar-refractivity contribution in [2.75, 3.05) is 0 Å². The van der Waals surface area contributed by atoms with Crippen LogP contribution in [-0.4, -0.2) is 25.1 Å². The van der Waals surface area contributed by atoms with Crippen LogP contribution in [0.3, 0.4) is 0 Å². The lowest BCUT2D eigenvalue weighted by Gasteiger charge is -2.05. The summed E-state index contributed by atoms with van der Waals surface area (Å²) in [7, 11) is 0. The molecule has 0 unspecified atom stereocenters. The van der Waals surface area contributed by atoms with E-state index in [1.807, 2.05) is 24.3 Å². The second-order valence-electron chi connectivity index (χ2n) is 4.27. The number of fused-ring (bicyclic) bond motifs is 2. The van der Waals surface area contributed by atoms with E-state index in [0.717, 1.165) is 16.4 Å². The third-order valence-electron chi connectivity index (χ3n) is 2.94. The van der Waals surface area contributed by atoms with Gasteiger partial charge in [-0.05, 0) is 18.2 Å². The monoisotopic (exact) mass is 263 g/mol. The van der Waals surface area contributed by atoms with Gasteiger partial charge in [0.1, 0.15) is 11.3 Å². The summed E-state index contributed by atoms with van der Waals surface area (Å²) in [6.07, 6.45) is 5.01. The van der Waals surface area contributed by atoms with Crippen molar-refractivity contribution >= 4 is 22.1 Å². The van der Waals surface area contributed by atoms with Gasteiger partial charge in [0.05, 0.1) is 11.7 Å². The number of aromatic nitrogens is 5. The zero-order valence-electron chi connectivity index (χ0n) is 10.3. The van der Waals surface area contributed by atoms with Gasteiger partial charge in [0, 0.05) is 29.9 Å². The minimum Gasteiger partial charge on any atom is -0.439 e. The molecule has 0 amide bonds. The van der Waals surface area contributed by atoms with Gasteiger partial charge in [-0.3, -0.25) is 10.1 Å². The average molecular weight is 263 g/mol. The molecule has 20 heavy (non-hydrogen) atoms. The number of hydrogen-bond donors (Lipinski definition) is 1. The third-order valence-corrected chi connectivity index (χ3v) is 2.94. The Morgan fingerprint density at radius 2 is 1.95 bits per heavy atom. The molecule has 4 aromatic rings.